The van der Waals surface area contributed by atoms with E-state index in [4.69, 9.17) is 5.90 Å². The predicted octanol–water partition coefficient (Wildman–Crippen LogP) is 1.27. The molecule has 4 heteroatoms. The van der Waals surface area contributed by atoms with Crippen LogP contribution in [0.25, 0.3) is 10.9 Å². The summed E-state index contributed by atoms with van der Waals surface area (Å²) in [4.78, 5) is 4.59. The summed E-state index contributed by atoms with van der Waals surface area (Å²) in [5.74, 6) is 5.28. The maximum Gasteiger partial charge on any atom is 0.117 e. The number of benzene rings is 1. The van der Waals surface area contributed by atoms with E-state index in [2.05, 4.69) is 4.84 Å². The van der Waals surface area contributed by atoms with Crippen LogP contribution in [0.1, 0.15) is 5.69 Å². The summed E-state index contributed by atoms with van der Waals surface area (Å²) in [6.45, 7) is 0.367. The van der Waals surface area contributed by atoms with E-state index in [0.29, 0.717) is 6.61 Å². The fourth-order valence-electron chi connectivity index (χ4n) is 1.60. The fourth-order valence-corrected chi connectivity index (χ4v) is 1.60. The molecule has 14 heavy (non-hydrogen) atoms. The maximum absolute atomic E-state index is 9.32. The van der Waals surface area contributed by atoms with Crippen LogP contribution in [-0.4, -0.2) is 9.67 Å². The van der Waals surface area contributed by atoms with Crippen molar-refractivity contribution in [3.8, 4) is 5.75 Å². The molecule has 4 nitrogen and oxygen atoms in total. The van der Waals surface area contributed by atoms with Crippen molar-refractivity contribution in [1.29, 1.82) is 0 Å². The molecule has 1 aromatic heterocycles. The first-order valence-corrected chi connectivity index (χ1v) is 4.31. The second-order valence-corrected chi connectivity index (χ2v) is 3.25. The summed E-state index contributed by atoms with van der Waals surface area (Å²) in [6.07, 6.45) is 0. The third kappa shape index (κ3) is 1.34. The molecule has 0 amide bonds. The molecular weight excluding hydrogens is 180 g/mol. The number of nitrogens with two attached hydrogens (primary N) is 1. The number of aromatic nitrogens is 1. The SMILES string of the molecule is Cn1c(CON)cc2ccc(O)cc21. The van der Waals surface area contributed by atoms with Gasteiger partial charge in [0.25, 0.3) is 0 Å². The van der Waals surface area contributed by atoms with Gasteiger partial charge in [0.1, 0.15) is 12.4 Å². The Balaban J connectivity index is 2.62. The Labute approximate surface area is 81.5 Å². The van der Waals surface area contributed by atoms with Gasteiger partial charge in [0, 0.05) is 24.2 Å². The second-order valence-electron chi connectivity index (χ2n) is 3.25. The molecule has 1 heterocycles. The Bertz CT molecular complexity index is 462. The average molecular weight is 192 g/mol. The van der Waals surface area contributed by atoms with Gasteiger partial charge in [-0.1, -0.05) is 0 Å². The van der Waals surface area contributed by atoms with Crippen LogP contribution in [0.4, 0.5) is 0 Å². The van der Waals surface area contributed by atoms with Gasteiger partial charge < -0.3 is 9.67 Å². The third-order valence-electron chi connectivity index (χ3n) is 2.36. The minimum Gasteiger partial charge on any atom is -0.508 e. The molecule has 0 saturated heterocycles. The molecule has 0 aliphatic carbocycles. The molecule has 0 saturated carbocycles. The lowest BCUT2D eigenvalue weighted by molar-refractivity contribution is 0.119. The molecule has 0 fully saturated rings. The second kappa shape index (κ2) is 3.32. The number of phenols is 1. The van der Waals surface area contributed by atoms with E-state index in [0.717, 1.165) is 16.6 Å². The highest BCUT2D eigenvalue weighted by molar-refractivity contribution is 5.82. The highest BCUT2D eigenvalue weighted by atomic mass is 16.6. The molecule has 0 bridgehead atoms. The van der Waals surface area contributed by atoms with Gasteiger partial charge in [0.05, 0.1) is 5.52 Å². The smallest absolute Gasteiger partial charge is 0.117 e. The molecule has 2 rings (SSSR count). The van der Waals surface area contributed by atoms with Gasteiger partial charge in [-0.05, 0) is 18.2 Å². The lowest BCUT2D eigenvalue weighted by Crippen LogP contribution is -2.03. The van der Waals surface area contributed by atoms with E-state index in [1.165, 1.54) is 0 Å². The van der Waals surface area contributed by atoms with Crippen LogP contribution in [0.15, 0.2) is 24.3 Å². The number of rotatable bonds is 2. The van der Waals surface area contributed by atoms with E-state index >= 15 is 0 Å². The molecule has 1 aromatic carbocycles. The van der Waals surface area contributed by atoms with Gasteiger partial charge >= 0.3 is 0 Å². The molecule has 0 unspecified atom stereocenters. The lowest BCUT2D eigenvalue weighted by Gasteiger charge is -2.01. The monoisotopic (exact) mass is 192 g/mol. The van der Waals surface area contributed by atoms with E-state index in [1.54, 1.807) is 12.1 Å². The number of aromatic hydroxyl groups is 1. The molecule has 0 aliphatic heterocycles. The topological polar surface area (TPSA) is 60.4 Å². The molecular formula is C10H12N2O2. The van der Waals surface area contributed by atoms with Crippen LogP contribution >= 0.6 is 0 Å². The molecule has 0 aliphatic rings. The Kier molecular flexibility index (Phi) is 2.15. The van der Waals surface area contributed by atoms with Crippen molar-refractivity contribution in [2.45, 2.75) is 6.61 Å². The lowest BCUT2D eigenvalue weighted by atomic mass is 10.2. The largest absolute Gasteiger partial charge is 0.508 e. The summed E-state index contributed by atoms with van der Waals surface area (Å²) in [7, 11) is 1.91. The summed E-state index contributed by atoms with van der Waals surface area (Å²) in [5, 5.41) is 10.4. The summed E-state index contributed by atoms with van der Waals surface area (Å²) < 4.78 is 1.95. The van der Waals surface area contributed by atoms with Gasteiger partial charge in [-0.2, -0.15) is 0 Å². The summed E-state index contributed by atoms with van der Waals surface area (Å²) >= 11 is 0. The first-order valence-electron chi connectivity index (χ1n) is 4.31. The van der Waals surface area contributed by atoms with Gasteiger partial charge in [-0.3, -0.25) is 4.84 Å². The van der Waals surface area contributed by atoms with Gasteiger partial charge in [-0.15, -0.1) is 0 Å². The summed E-state index contributed by atoms with van der Waals surface area (Å²) in [5.41, 5.74) is 1.95. The van der Waals surface area contributed by atoms with Crippen LogP contribution < -0.4 is 5.90 Å². The number of aryl methyl sites for hydroxylation is 1. The Morgan fingerprint density at radius 1 is 1.43 bits per heavy atom. The van der Waals surface area contributed by atoms with Crippen molar-refractivity contribution in [2.24, 2.45) is 12.9 Å². The zero-order valence-corrected chi connectivity index (χ0v) is 7.90. The van der Waals surface area contributed by atoms with Crippen molar-refractivity contribution in [1.82, 2.24) is 4.57 Å². The molecule has 74 valence electrons. The molecule has 0 atom stereocenters. The third-order valence-corrected chi connectivity index (χ3v) is 2.36. The number of nitrogens with zero attached hydrogens (tertiary/aromatic N) is 1. The van der Waals surface area contributed by atoms with Gasteiger partial charge in [0.15, 0.2) is 0 Å². The predicted molar refractivity (Wildman–Crippen MR) is 53.6 cm³/mol. The van der Waals surface area contributed by atoms with Gasteiger partial charge in [0.2, 0.25) is 0 Å². The standard InChI is InChI=1S/C10H12N2O2/c1-12-8(6-14-11)4-7-2-3-9(13)5-10(7)12/h2-5,13H,6,11H2,1H3. The van der Waals surface area contributed by atoms with Crippen LogP contribution in [-0.2, 0) is 18.5 Å². The van der Waals surface area contributed by atoms with Crippen LogP contribution in [0, 0.1) is 0 Å². The zero-order chi connectivity index (χ0) is 10.1. The summed E-state index contributed by atoms with van der Waals surface area (Å²) in [6, 6.07) is 7.23. The number of fused-ring (bicyclic) bond motifs is 1. The molecule has 0 spiro atoms. The fraction of sp³-hybridized carbons (Fsp3) is 0.200. The number of phenolic OH excluding ortho intramolecular Hbond substituents is 1. The van der Waals surface area contributed by atoms with E-state index in [1.807, 2.05) is 23.7 Å². The normalized spacial score (nSPS) is 11.0. The van der Waals surface area contributed by atoms with Crippen LogP contribution in [0.3, 0.4) is 0 Å². The van der Waals surface area contributed by atoms with E-state index in [-0.39, 0.29) is 5.75 Å². The van der Waals surface area contributed by atoms with Crippen molar-refractivity contribution in [3.05, 3.63) is 30.0 Å². The maximum atomic E-state index is 9.32. The first-order chi connectivity index (χ1) is 6.72. The van der Waals surface area contributed by atoms with Crippen LogP contribution in [0.2, 0.25) is 0 Å². The zero-order valence-electron chi connectivity index (χ0n) is 7.90. The van der Waals surface area contributed by atoms with E-state index < -0.39 is 0 Å². The van der Waals surface area contributed by atoms with Crippen molar-refractivity contribution >= 4 is 10.9 Å². The van der Waals surface area contributed by atoms with Crippen LogP contribution in [0.5, 0.6) is 5.75 Å². The average Bonchev–Trinajstić information content (AvgIpc) is 2.46. The molecule has 2 aromatic rings. The number of hydrogen-bond acceptors (Lipinski definition) is 3. The van der Waals surface area contributed by atoms with E-state index in [9.17, 15) is 5.11 Å². The van der Waals surface area contributed by atoms with Crippen molar-refractivity contribution in [3.63, 3.8) is 0 Å². The minimum absolute atomic E-state index is 0.263. The Morgan fingerprint density at radius 3 is 2.93 bits per heavy atom. The van der Waals surface area contributed by atoms with Crippen molar-refractivity contribution < 1.29 is 9.94 Å². The molecule has 0 radical (unpaired) electrons. The highest BCUT2D eigenvalue weighted by Gasteiger charge is 2.05. The number of hydrogen-bond donors (Lipinski definition) is 2. The quantitative estimate of drug-likeness (QED) is 0.704. The Hall–Kier alpha value is -1.52. The Morgan fingerprint density at radius 2 is 2.21 bits per heavy atom. The van der Waals surface area contributed by atoms with Gasteiger partial charge in [-0.25, -0.2) is 5.90 Å². The molecule has 3 N–H and O–H groups in total. The first kappa shape index (κ1) is 9.05. The highest BCUT2D eigenvalue weighted by Crippen LogP contribution is 2.23. The minimum atomic E-state index is 0.263. The van der Waals surface area contributed by atoms with Crippen molar-refractivity contribution in [2.75, 3.05) is 0 Å².